The Kier molecular flexibility index (Phi) is 3.47. The van der Waals surface area contributed by atoms with Crippen LogP contribution in [0.1, 0.15) is 20.7 Å². The normalized spacial score (nSPS) is 10.3. The first kappa shape index (κ1) is 13.7. The molecule has 6 heteroatoms. The molecule has 0 unspecified atom stereocenters. The van der Waals surface area contributed by atoms with Crippen LogP contribution in [0.4, 0.5) is 8.78 Å². The molecule has 0 fully saturated rings. The van der Waals surface area contributed by atoms with Gasteiger partial charge in [-0.15, -0.1) is 0 Å². The van der Waals surface area contributed by atoms with Crippen molar-refractivity contribution in [3.63, 3.8) is 0 Å². The van der Waals surface area contributed by atoms with Gasteiger partial charge in [-0.2, -0.15) is 0 Å². The molecule has 0 saturated carbocycles. The third kappa shape index (κ3) is 2.49. The minimum absolute atomic E-state index is 0.00848. The summed E-state index contributed by atoms with van der Waals surface area (Å²) in [5.74, 6) is -4.51. The molecular weight excluding hydrogens is 270 g/mol. The van der Waals surface area contributed by atoms with Crippen LogP contribution in [-0.2, 0) is 0 Å². The molecule has 0 spiro atoms. The number of rotatable bonds is 3. The fourth-order valence-electron chi connectivity index (χ4n) is 1.74. The maximum absolute atomic E-state index is 13.8. The number of carboxylic acid groups (broad SMARTS) is 2. The van der Waals surface area contributed by atoms with E-state index in [1.807, 2.05) is 0 Å². The molecule has 2 rings (SSSR count). The van der Waals surface area contributed by atoms with Crippen molar-refractivity contribution in [2.45, 2.75) is 0 Å². The van der Waals surface area contributed by atoms with Gasteiger partial charge in [0, 0.05) is 5.56 Å². The zero-order valence-electron chi connectivity index (χ0n) is 9.93. The first-order chi connectivity index (χ1) is 9.40. The largest absolute Gasteiger partial charge is 0.478 e. The van der Waals surface area contributed by atoms with Crippen LogP contribution in [0, 0.1) is 11.6 Å². The average Bonchev–Trinajstić information content (AvgIpc) is 2.37. The molecule has 0 radical (unpaired) electrons. The molecule has 2 aromatic carbocycles. The lowest BCUT2D eigenvalue weighted by molar-refractivity contribution is 0.0683. The molecule has 4 nitrogen and oxygen atoms in total. The summed E-state index contributed by atoms with van der Waals surface area (Å²) in [5.41, 5.74) is -0.627. The lowest BCUT2D eigenvalue weighted by Gasteiger charge is -2.06. The van der Waals surface area contributed by atoms with Crippen LogP contribution >= 0.6 is 0 Å². The molecule has 102 valence electrons. The van der Waals surface area contributed by atoms with Crippen LogP contribution in [0.15, 0.2) is 36.4 Å². The van der Waals surface area contributed by atoms with Crippen LogP contribution in [0.25, 0.3) is 11.1 Å². The zero-order valence-corrected chi connectivity index (χ0v) is 9.93. The molecule has 0 aliphatic heterocycles. The van der Waals surface area contributed by atoms with Crippen LogP contribution < -0.4 is 0 Å². The van der Waals surface area contributed by atoms with E-state index in [2.05, 4.69) is 0 Å². The van der Waals surface area contributed by atoms with E-state index < -0.39 is 29.1 Å². The fraction of sp³-hybridized carbons (Fsp3) is 0. The van der Waals surface area contributed by atoms with Gasteiger partial charge in [0.15, 0.2) is 0 Å². The van der Waals surface area contributed by atoms with Gasteiger partial charge in [-0.05, 0) is 29.8 Å². The van der Waals surface area contributed by atoms with Gasteiger partial charge in [0.25, 0.3) is 0 Å². The number of aromatic carboxylic acids is 2. The van der Waals surface area contributed by atoms with E-state index in [0.717, 1.165) is 18.2 Å². The van der Waals surface area contributed by atoms with Crippen LogP contribution in [0.3, 0.4) is 0 Å². The van der Waals surface area contributed by atoms with Gasteiger partial charge in [0.2, 0.25) is 0 Å². The number of hydrogen-bond acceptors (Lipinski definition) is 2. The van der Waals surface area contributed by atoms with Crippen molar-refractivity contribution in [1.29, 1.82) is 0 Å². The minimum Gasteiger partial charge on any atom is -0.478 e. The highest BCUT2D eigenvalue weighted by molar-refractivity contribution is 5.90. The second-order valence-corrected chi connectivity index (χ2v) is 4.00. The fourth-order valence-corrected chi connectivity index (χ4v) is 1.74. The standard InChI is InChI=1S/C14H8F2O4/c15-11-6-8(13(17)18)2-3-9(11)7-1-4-10(14(19)20)12(16)5-7/h1-6H,(H,17,18)(H,19,20). The molecule has 0 aromatic heterocycles. The number of carbonyl (C=O) groups is 2. The Morgan fingerprint density at radius 2 is 1.55 bits per heavy atom. The van der Waals surface area contributed by atoms with Gasteiger partial charge in [-0.25, -0.2) is 18.4 Å². The summed E-state index contributed by atoms with van der Waals surface area (Å²) >= 11 is 0. The lowest BCUT2D eigenvalue weighted by atomic mass is 10.0. The van der Waals surface area contributed by atoms with Crippen LogP contribution in [-0.4, -0.2) is 22.2 Å². The minimum atomic E-state index is -1.42. The first-order valence-corrected chi connectivity index (χ1v) is 5.46. The molecule has 0 heterocycles. The van der Waals surface area contributed by atoms with Gasteiger partial charge >= 0.3 is 11.9 Å². The summed E-state index contributed by atoms with van der Waals surface area (Å²) in [6.07, 6.45) is 0. The lowest BCUT2D eigenvalue weighted by Crippen LogP contribution is -2.01. The Labute approximate surface area is 111 Å². The number of benzene rings is 2. The summed E-state index contributed by atoms with van der Waals surface area (Å²) in [6, 6.07) is 6.38. The third-order valence-corrected chi connectivity index (χ3v) is 2.73. The predicted molar refractivity (Wildman–Crippen MR) is 65.7 cm³/mol. The summed E-state index contributed by atoms with van der Waals surface area (Å²) in [5, 5.41) is 17.4. The van der Waals surface area contributed by atoms with Crippen molar-refractivity contribution in [2.75, 3.05) is 0 Å². The maximum atomic E-state index is 13.8. The second-order valence-electron chi connectivity index (χ2n) is 4.00. The molecule has 20 heavy (non-hydrogen) atoms. The van der Waals surface area contributed by atoms with E-state index >= 15 is 0 Å². The molecule has 0 atom stereocenters. The molecule has 0 aliphatic carbocycles. The van der Waals surface area contributed by atoms with Crippen molar-refractivity contribution < 1.29 is 28.6 Å². The highest BCUT2D eigenvalue weighted by atomic mass is 19.1. The van der Waals surface area contributed by atoms with E-state index in [9.17, 15) is 18.4 Å². The highest BCUT2D eigenvalue weighted by Crippen LogP contribution is 2.25. The summed E-state index contributed by atoms with van der Waals surface area (Å²) in [6.45, 7) is 0. The Morgan fingerprint density at radius 3 is 2.05 bits per heavy atom. The van der Waals surface area contributed by atoms with Crippen molar-refractivity contribution in [1.82, 2.24) is 0 Å². The second kappa shape index (κ2) is 5.08. The van der Waals surface area contributed by atoms with Crippen molar-refractivity contribution >= 4 is 11.9 Å². The van der Waals surface area contributed by atoms with Gasteiger partial charge < -0.3 is 10.2 Å². The number of halogens is 2. The van der Waals surface area contributed by atoms with E-state index in [0.29, 0.717) is 0 Å². The smallest absolute Gasteiger partial charge is 0.338 e. The Bertz CT molecular complexity index is 710. The van der Waals surface area contributed by atoms with Crippen molar-refractivity contribution in [2.24, 2.45) is 0 Å². The Morgan fingerprint density at radius 1 is 0.850 bits per heavy atom. The molecule has 2 aromatic rings. The van der Waals surface area contributed by atoms with Gasteiger partial charge in [-0.1, -0.05) is 12.1 Å². The SMILES string of the molecule is O=C(O)c1ccc(-c2ccc(C(=O)O)c(F)c2)c(F)c1. The highest BCUT2D eigenvalue weighted by Gasteiger charge is 2.14. The molecule has 0 aliphatic rings. The number of hydrogen-bond donors (Lipinski definition) is 2. The zero-order chi connectivity index (χ0) is 14.9. The van der Waals surface area contributed by atoms with Crippen LogP contribution in [0.5, 0.6) is 0 Å². The van der Waals surface area contributed by atoms with Gasteiger partial charge in [0.1, 0.15) is 11.6 Å². The van der Waals surface area contributed by atoms with Gasteiger partial charge in [0.05, 0.1) is 11.1 Å². The maximum Gasteiger partial charge on any atom is 0.338 e. The van der Waals surface area contributed by atoms with Crippen molar-refractivity contribution in [3.05, 3.63) is 59.2 Å². The Balaban J connectivity index is 2.49. The summed E-state index contributed by atoms with van der Waals surface area (Å²) in [7, 11) is 0. The average molecular weight is 278 g/mol. The molecule has 0 amide bonds. The monoisotopic (exact) mass is 278 g/mol. The number of carboxylic acids is 2. The van der Waals surface area contributed by atoms with Crippen LogP contribution in [0.2, 0.25) is 0 Å². The topological polar surface area (TPSA) is 74.6 Å². The first-order valence-electron chi connectivity index (χ1n) is 5.46. The summed E-state index contributed by atoms with van der Waals surface area (Å²) in [4.78, 5) is 21.4. The van der Waals surface area contributed by atoms with E-state index in [1.165, 1.54) is 18.2 Å². The molecule has 2 N–H and O–H groups in total. The summed E-state index contributed by atoms with van der Waals surface area (Å²) < 4.78 is 27.3. The van der Waals surface area contributed by atoms with E-state index in [-0.39, 0.29) is 16.7 Å². The van der Waals surface area contributed by atoms with Crippen molar-refractivity contribution in [3.8, 4) is 11.1 Å². The van der Waals surface area contributed by atoms with Gasteiger partial charge in [-0.3, -0.25) is 0 Å². The van der Waals surface area contributed by atoms with E-state index in [4.69, 9.17) is 10.2 Å². The molecule has 0 bridgehead atoms. The predicted octanol–water partition coefficient (Wildman–Crippen LogP) is 3.03. The Hall–Kier alpha value is -2.76. The third-order valence-electron chi connectivity index (χ3n) is 2.73. The quantitative estimate of drug-likeness (QED) is 0.905. The molecule has 0 saturated heterocycles. The van der Waals surface area contributed by atoms with E-state index in [1.54, 1.807) is 0 Å². The molecular formula is C14H8F2O4.